The van der Waals surface area contributed by atoms with E-state index in [-0.39, 0.29) is 0 Å². The van der Waals surface area contributed by atoms with Gasteiger partial charge >= 0.3 is 0 Å². The summed E-state index contributed by atoms with van der Waals surface area (Å²) in [5.74, 6) is 0.952. The lowest BCUT2D eigenvalue weighted by molar-refractivity contribution is 0.456. The lowest BCUT2D eigenvalue weighted by atomic mass is 9.96. The van der Waals surface area contributed by atoms with E-state index in [9.17, 15) is 0 Å². The molecule has 1 N–H and O–H groups in total. The third kappa shape index (κ3) is 3.41. The van der Waals surface area contributed by atoms with Gasteiger partial charge in [-0.05, 0) is 30.5 Å². The summed E-state index contributed by atoms with van der Waals surface area (Å²) in [4.78, 5) is 6.62. The molecule has 3 rings (SSSR count). The molecule has 1 heterocycles. The molecule has 4 heteroatoms. The highest BCUT2D eigenvalue weighted by atomic mass is 15.3. The first kappa shape index (κ1) is 15.7. The highest BCUT2D eigenvalue weighted by Gasteiger charge is 2.44. The summed E-state index contributed by atoms with van der Waals surface area (Å²) >= 11 is 0. The summed E-state index contributed by atoms with van der Waals surface area (Å²) in [5, 5.41) is 3.57. The number of benzene rings is 1. The van der Waals surface area contributed by atoms with Crippen molar-refractivity contribution in [1.29, 1.82) is 0 Å². The summed E-state index contributed by atoms with van der Waals surface area (Å²) in [6.07, 6.45) is 4.58. The molecule has 1 aliphatic carbocycles. The molecule has 0 spiro atoms. The number of rotatable bonds is 5. The molecule has 0 aliphatic heterocycles. The van der Waals surface area contributed by atoms with Gasteiger partial charge in [0.1, 0.15) is 0 Å². The van der Waals surface area contributed by atoms with Crippen LogP contribution in [-0.4, -0.2) is 36.1 Å². The minimum absolute atomic E-state index is 0.295. The van der Waals surface area contributed by atoms with Crippen molar-refractivity contribution in [3.05, 3.63) is 59.9 Å². The van der Waals surface area contributed by atoms with E-state index in [2.05, 4.69) is 82.5 Å². The molecule has 1 saturated carbocycles. The Morgan fingerprint density at radius 1 is 1.22 bits per heavy atom. The van der Waals surface area contributed by atoms with Gasteiger partial charge in [-0.25, -0.2) is 0 Å². The van der Waals surface area contributed by atoms with Gasteiger partial charge in [-0.1, -0.05) is 30.3 Å². The van der Waals surface area contributed by atoms with E-state index in [4.69, 9.17) is 0 Å². The molecule has 1 aromatic heterocycles. The number of hydrogen-bond acceptors (Lipinski definition) is 1. The molecule has 0 unspecified atom stereocenters. The van der Waals surface area contributed by atoms with Crippen LogP contribution in [0.4, 0.5) is 0 Å². The number of aryl methyl sites for hydroxylation is 1. The molecule has 1 fully saturated rings. The summed E-state index contributed by atoms with van der Waals surface area (Å²) in [6, 6.07) is 15.1. The molecule has 0 saturated heterocycles. The van der Waals surface area contributed by atoms with Crippen LogP contribution in [0, 0.1) is 0 Å². The zero-order chi connectivity index (χ0) is 16.3. The van der Waals surface area contributed by atoms with Crippen LogP contribution in [0.15, 0.2) is 53.7 Å². The predicted molar refractivity (Wildman–Crippen MR) is 95.6 cm³/mol. The largest absolute Gasteiger partial charge is 0.355 e. The molecule has 1 aromatic carbocycles. The molecule has 0 atom stereocenters. The molecule has 0 amide bonds. The predicted octanol–water partition coefficient (Wildman–Crippen LogP) is 2.76. The van der Waals surface area contributed by atoms with Crippen molar-refractivity contribution in [1.82, 2.24) is 14.8 Å². The quantitative estimate of drug-likeness (QED) is 0.680. The van der Waals surface area contributed by atoms with Crippen molar-refractivity contribution < 1.29 is 0 Å². The van der Waals surface area contributed by atoms with E-state index in [0.717, 1.165) is 19.0 Å². The second kappa shape index (κ2) is 6.49. The van der Waals surface area contributed by atoms with Gasteiger partial charge < -0.3 is 14.8 Å². The number of nitrogens with zero attached hydrogens (tertiary/aromatic N) is 3. The third-order valence-corrected chi connectivity index (χ3v) is 4.85. The van der Waals surface area contributed by atoms with Crippen molar-refractivity contribution in [3.63, 3.8) is 0 Å². The van der Waals surface area contributed by atoms with Gasteiger partial charge in [0.2, 0.25) is 0 Å². The molecular formula is C19H26N4. The molecular weight excluding hydrogens is 284 g/mol. The Hall–Kier alpha value is -2.23. The normalized spacial score (nSPS) is 16.2. The van der Waals surface area contributed by atoms with Crippen LogP contribution < -0.4 is 5.32 Å². The third-order valence-electron chi connectivity index (χ3n) is 4.85. The Labute approximate surface area is 138 Å². The highest BCUT2D eigenvalue weighted by Crippen LogP contribution is 2.47. The van der Waals surface area contributed by atoms with Crippen molar-refractivity contribution in [2.45, 2.75) is 24.8 Å². The zero-order valence-corrected chi connectivity index (χ0v) is 14.3. The lowest BCUT2D eigenvalue weighted by Gasteiger charge is -2.25. The summed E-state index contributed by atoms with van der Waals surface area (Å²) < 4.78 is 2.15. The van der Waals surface area contributed by atoms with Gasteiger partial charge in [0.25, 0.3) is 0 Å². The first-order valence-electron chi connectivity index (χ1n) is 8.22. The molecule has 4 nitrogen and oxygen atoms in total. The number of guanidine groups is 1. The summed E-state index contributed by atoms with van der Waals surface area (Å²) in [5.41, 5.74) is 3.01. The average molecular weight is 310 g/mol. The molecule has 0 bridgehead atoms. The fourth-order valence-electron chi connectivity index (χ4n) is 3.12. The molecule has 23 heavy (non-hydrogen) atoms. The average Bonchev–Trinajstić information content (AvgIpc) is 3.26. The molecule has 1 aliphatic rings. The van der Waals surface area contributed by atoms with E-state index in [1.165, 1.54) is 24.1 Å². The van der Waals surface area contributed by atoms with Crippen molar-refractivity contribution in [2.24, 2.45) is 12.0 Å². The van der Waals surface area contributed by atoms with Crippen molar-refractivity contribution in [2.75, 3.05) is 20.6 Å². The van der Waals surface area contributed by atoms with Crippen LogP contribution in [0.5, 0.6) is 0 Å². The maximum Gasteiger partial charge on any atom is 0.193 e. The first-order valence-corrected chi connectivity index (χ1v) is 8.22. The van der Waals surface area contributed by atoms with E-state index >= 15 is 0 Å². The van der Waals surface area contributed by atoms with Gasteiger partial charge in [-0.2, -0.15) is 0 Å². The Balaban J connectivity index is 1.61. The second-order valence-electron chi connectivity index (χ2n) is 6.51. The lowest BCUT2D eigenvalue weighted by Crippen LogP contribution is -2.42. The minimum atomic E-state index is 0.295. The maximum atomic E-state index is 4.44. The number of nitrogens with one attached hydrogen (secondary N) is 1. The first-order chi connectivity index (χ1) is 11.1. The number of hydrogen-bond donors (Lipinski definition) is 1. The van der Waals surface area contributed by atoms with Crippen LogP contribution in [0.2, 0.25) is 0 Å². The zero-order valence-electron chi connectivity index (χ0n) is 14.3. The van der Waals surface area contributed by atoms with Gasteiger partial charge in [0, 0.05) is 45.0 Å². The van der Waals surface area contributed by atoms with Gasteiger partial charge in [0.15, 0.2) is 5.96 Å². The Bertz CT molecular complexity index is 668. The van der Waals surface area contributed by atoms with Gasteiger partial charge in [-0.3, -0.25) is 4.99 Å². The maximum absolute atomic E-state index is 4.44. The molecule has 0 radical (unpaired) electrons. The Morgan fingerprint density at radius 2 is 1.96 bits per heavy atom. The van der Waals surface area contributed by atoms with E-state index < -0.39 is 0 Å². The summed E-state index contributed by atoms with van der Waals surface area (Å²) in [7, 11) is 6.02. The van der Waals surface area contributed by atoms with Crippen LogP contribution in [-0.2, 0) is 19.0 Å². The smallest absolute Gasteiger partial charge is 0.193 e. The SMILES string of the molecule is CN=C(NCC1(c2ccccc2)CC1)N(C)Cc1cccn1C. The van der Waals surface area contributed by atoms with Crippen LogP contribution in [0.3, 0.4) is 0 Å². The van der Waals surface area contributed by atoms with Gasteiger partial charge in [0.05, 0.1) is 6.54 Å². The second-order valence-corrected chi connectivity index (χ2v) is 6.51. The standard InChI is InChI=1S/C19H26N4/c1-20-18(23(3)14-17-10-7-13-22(17)2)21-15-19(11-12-19)16-8-5-4-6-9-16/h4-10,13H,11-12,14-15H2,1-3H3,(H,20,21). The molecule has 2 aromatic rings. The summed E-state index contributed by atoms with van der Waals surface area (Å²) in [6.45, 7) is 1.79. The van der Waals surface area contributed by atoms with Crippen molar-refractivity contribution in [3.8, 4) is 0 Å². The van der Waals surface area contributed by atoms with Gasteiger partial charge in [-0.15, -0.1) is 0 Å². The highest BCUT2D eigenvalue weighted by molar-refractivity contribution is 5.79. The number of aliphatic imine (C=N–C) groups is 1. The van der Waals surface area contributed by atoms with E-state index in [1.54, 1.807) is 0 Å². The fraction of sp³-hybridized carbons (Fsp3) is 0.421. The topological polar surface area (TPSA) is 32.6 Å². The Kier molecular flexibility index (Phi) is 4.42. The monoisotopic (exact) mass is 310 g/mol. The van der Waals surface area contributed by atoms with Crippen LogP contribution in [0.25, 0.3) is 0 Å². The Morgan fingerprint density at radius 3 is 2.52 bits per heavy atom. The van der Waals surface area contributed by atoms with Crippen LogP contribution in [0.1, 0.15) is 24.1 Å². The minimum Gasteiger partial charge on any atom is -0.355 e. The van der Waals surface area contributed by atoms with E-state index in [1.807, 2.05) is 7.05 Å². The van der Waals surface area contributed by atoms with Crippen LogP contribution >= 0.6 is 0 Å². The number of aromatic nitrogens is 1. The van der Waals surface area contributed by atoms with E-state index in [0.29, 0.717) is 5.41 Å². The van der Waals surface area contributed by atoms with Crippen molar-refractivity contribution >= 4 is 5.96 Å². The molecule has 122 valence electrons. The fourth-order valence-corrected chi connectivity index (χ4v) is 3.12.